The Balaban J connectivity index is 2.84. The van der Waals surface area contributed by atoms with Gasteiger partial charge >= 0.3 is 6.16 Å². The molecule has 1 rings (SSSR count). The third-order valence-electron chi connectivity index (χ3n) is 1.45. The number of para-hydroxylation sites is 2. The SMILES string of the molecule is CCNc1ccccc1OC(=O)O. The van der Waals surface area contributed by atoms with Gasteiger partial charge in [-0.15, -0.1) is 0 Å². The van der Waals surface area contributed by atoms with Gasteiger partial charge in [-0.2, -0.15) is 0 Å². The normalized spacial score (nSPS) is 9.31. The number of nitrogens with one attached hydrogen (secondary N) is 1. The minimum absolute atomic E-state index is 0.330. The van der Waals surface area contributed by atoms with E-state index in [4.69, 9.17) is 5.11 Å². The van der Waals surface area contributed by atoms with Crippen LogP contribution in [0.15, 0.2) is 24.3 Å². The molecule has 0 unspecified atom stereocenters. The van der Waals surface area contributed by atoms with Gasteiger partial charge in [0.1, 0.15) is 0 Å². The van der Waals surface area contributed by atoms with Crippen LogP contribution in [0.2, 0.25) is 0 Å². The zero-order valence-corrected chi connectivity index (χ0v) is 7.28. The van der Waals surface area contributed by atoms with Crippen LogP contribution in [-0.2, 0) is 0 Å². The van der Waals surface area contributed by atoms with Gasteiger partial charge in [0, 0.05) is 6.54 Å². The van der Waals surface area contributed by atoms with Gasteiger partial charge in [0.05, 0.1) is 5.69 Å². The van der Waals surface area contributed by atoms with Crippen LogP contribution < -0.4 is 10.1 Å². The molecule has 0 aromatic heterocycles. The van der Waals surface area contributed by atoms with Crippen molar-refractivity contribution in [1.82, 2.24) is 0 Å². The average Bonchev–Trinajstić information content (AvgIpc) is 2.08. The minimum Gasteiger partial charge on any atom is -0.449 e. The van der Waals surface area contributed by atoms with Crippen molar-refractivity contribution in [2.24, 2.45) is 0 Å². The van der Waals surface area contributed by atoms with E-state index < -0.39 is 6.16 Å². The first kappa shape index (κ1) is 9.38. The summed E-state index contributed by atoms with van der Waals surface area (Å²) in [5.74, 6) is 0.330. The first-order valence-electron chi connectivity index (χ1n) is 3.97. The summed E-state index contributed by atoms with van der Waals surface area (Å²) in [6.45, 7) is 2.65. The number of ether oxygens (including phenoxy) is 1. The molecule has 70 valence electrons. The van der Waals surface area contributed by atoms with Crippen LogP contribution in [0.3, 0.4) is 0 Å². The maximum Gasteiger partial charge on any atom is 0.511 e. The van der Waals surface area contributed by atoms with Gasteiger partial charge in [-0.3, -0.25) is 0 Å². The van der Waals surface area contributed by atoms with E-state index in [1.54, 1.807) is 18.2 Å². The molecule has 0 aliphatic rings. The van der Waals surface area contributed by atoms with E-state index in [1.807, 2.05) is 13.0 Å². The van der Waals surface area contributed by atoms with Gasteiger partial charge in [-0.1, -0.05) is 12.1 Å². The third-order valence-corrected chi connectivity index (χ3v) is 1.45. The molecule has 4 heteroatoms. The Labute approximate surface area is 76.1 Å². The van der Waals surface area contributed by atoms with Crippen molar-refractivity contribution >= 4 is 11.8 Å². The smallest absolute Gasteiger partial charge is 0.449 e. The molecule has 1 aromatic carbocycles. The molecule has 0 aliphatic carbocycles. The molecule has 0 atom stereocenters. The lowest BCUT2D eigenvalue weighted by molar-refractivity contribution is 0.144. The Morgan fingerprint density at radius 1 is 1.54 bits per heavy atom. The van der Waals surface area contributed by atoms with Gasteiger partial charge in [0.15, 0.2) is 5.75 Å². The maximum atomic E-state index is 10.3. The summed E-state index contributed by atoms with van der Waals surface area (Å²) in [4.78, 5) is 10.3. The molecule has 0 radical (unpaired) electrons. The Morgan fingerprint density at radius 2 is 2.23 bits per heavy atom. The summed E-state index contributed by atoms with van der Waals surface area (Å²) in [7, 11) is 0. The van der Waals surface area contributed by atoms with Crippen LogP contribution in [-0.4, -0.2) is 17.8 Å². The highest BCUT2D eigenvalue weighted by Gasteiger charge is 2.04. The standard InChI is InChI=1S/C9H11NO3/c1-2-10-7-5-3-4-6-8(7)13-9(11)12/h3-6,10H,2H2,1H3,(H,11,12). The lowest BCUT2D eigenvalue weighted by Crippen LogP contribution is -2.06. The number of hydrogen-bond acceptors (Lipinski definition) is 3. The number of anilines is 1. The molecule has 0 saturated heterocycles. The van der Waals surface area contributed by atoms with Crippen molar-refractivity contribution in [2.45, 2.75) is 6.92 Å². The van der Waals surface area contributed by atoms with E-state index in [-0.39, 0.29) is 0 Å². The first-order valence-corrected chi connectivity index (χ1v) is 3.97. The largest absolute Gasteiger partial charge is 0.511 e. The van der Waals surface area contributed by atoms with E-state index in [0.717, 1.165) is 6.54 Å². The van der Waals surface area contributed by atoms with Crippen LogP contribution in [0, 0.1) is 0 Å². The molecule has 0 spiro atoms. The van der Waals surface area contributed by atoms with Gasteiger partial charge in [-0.05, 0) is 19.1 Å². The van der Waals surface area contributed by atoms with Crippen molar-refractivity contribution < 1.29 is 14.6 Å². The van der Waals surface area contributed by atoms with Crippen LogP contribution in [0.25, 0.3) is 0 Å². The van der Waals surface area contributed by atoms with Crippen molar-refractivity contribution in [2.75, 3.05) is 11.9 Å². The Bertz CT molecular complexity index is 299. The fourth-order valence-electron chi connectivity index (χ4n) is 0.986. The highest BCUT2D eigenvalue weighted by atomic mass is 16.7. The van der Waals surface area contributed by atoms with Gasteiger partial charge in [-0.25, -0.2) is 4.79 Å². The summed E-state index contributed by atoms with van der Waals surface area (Å²) >= 11 is 0. The van der Waals surface area contributed by atoms with Crippen LogP contribution >= 0.6 is 0 Å². The fourth-order valence-corrected chi connectivity index (χ4v) is 0.986. The molecular weight excluding hydrogens is 170 g/mol. The quantitative estimate of drug-likeness (QED) is 0.554. The molecule has 0 saturated carbocycles. The zero-order valence-electron chi connectivity index (χ0n) is 7.28. The number of carboxylic acid groups (broad SMARTS) is 1. The lowest BCUT2D eigenvalue weighted by Gasteiger charge is -2.07. The molecular formula is C9H11NO3. The van der Waals surface area contributed by atoms with E-state index in [9.17, 15) is 4.79 Å². The van der Waals surface area contributed by atoms with E-state index in [1.165, 1.54) is 0 Å². The molecule has 0 aliphatic heterocycles. The monoisotopic (exact) mass is 181 g/mol. The zero-order chi connectivity index (χ0) is 9.68. The third kappa shape index (κ3) is 2.66. The second kappa shape index (κ2) is 4.35. The molecule has 4 nitrogen and oxygen atoms in total. The molecule has 0 heterocycles. The van der Waals surface area contributed by atoms with Crippen molar-refractivity contribution in [3.8, 4) is 5.75 Å². The number of carbonyl (C=O) groups is 1. The molecule has 0 amide bonds. The summed E-state index contributed by atoms with van der Waals surface area (Å²) in [6.07, 6.45) is -1.30. The van der Waals surface area contributed by atoms with Crippen LogP contribution in [0.5, 0.6) is 5.75 Å². The number of rotatable bonds is 3. The fraction of sp³-hybridized carbons (Fsp3) is 0.222. The summed E-state index contributed by atoms with van der Waals surface area (Å²) < 4.78 is 4.55. The minimum atomic E-state index is -1.30. The molecule has 0 bridgehead atoms. The number of hydrogen-bond donors (Lipinski definition) is 2. The van der Waals surface area contributed by atoms with E-state index in [2.05, 4.69) is 10.1 Å². The van der Waals surface area contributed by atoms with Crippen LogP contribution in [0.4, 0.5) is 10.5 Å². The van der Waals surface area contributed by atoms with Crippen LogP contribution in [0.1, 0.15) is 6.92 Å². The van der Waals surface area contributed by atoms with Gasteiger partial charge in [0.25, 0.3) is 0 Å². The second-order valence-corrected chi connectivity index (χ2v) is 2.39. The van der Waals surface area contributed by atoms with Crippen molar-refractivity contribution in [3.63, 3.8) is 0 Å². The van der Waals surface area contributed by atoms with E-state index >= 15 is 0 Å². The molecule has 2 N–H and O–H groups in total. The first-order chi connectivity index (χ1) is 6.24. The van der Waals surface area contributed by atoms with Crippen molar-refractivity contribution in [3.05, 3.63) is 24.3 Å². The molecule has 13 heavy (non-hydrogen) atoms. The molecule has 0 fully saturated rings. The topological polar surface area (TPSA) is 58.6 Å². The summed E-state index contributed by atoms with van der Waals surface area (Å²) in [5, 5.41) is 11.4. The van der Waals surface area contributed by atoms with Gasteiger partial charge in [0.2, 0.25) is 0 Å². The Hall–Kier alpha value is -1.71. The van der Waals surface area contributed by atoms with E-state index in [0.29, 0.717) is 11.4 Å². The average molecular weight is 181 g/mol. The highest BCUT2D eigenvalue weighted by Crippen LogP contribution is 2.23. The Kier molecular flexibility index (Phi) is 3.14. The summed E-state index contributed by atoms with van der Waals surface area (Å²) in [6, 6.07) is 6.90. The van der Waals surface area contributed by atoms with Gasteiger partial charge < -0.3 is 15.2 Å². The Morgan fingerprint density at radius 3 is 2.85 bits per heavy atom. The molecule has 1 aromatic rings. The second-order valence-electron chi connectivity index (χ2n) is 2.39. The summed E-state index contributed by atoms with van der Waals surface area (Å²) in [5.41, 5.74) is 0.687. The predicted octanol–water partition coefficient (Wildman–Crippen LogP) is 2.18. The highest BCUT2D eigenvalue weighted by molar-refractivity contribution is 5.67. The number of benzene rings is 1. The van der Waals surface area contributed by atoms with Crippen molar-refractivity contribution in [1.29, 1.82) is 0 Å². The maximum absolute atomic E-state index is 10.3. The predicted molar refractivity (Wildman–Crippen MR) is 49.3 cm³/mol. The lowest BCUT2D eigenvalue weighted by atomic mass is 10.3.